The Balaban J connectivity index is 1.71. The smallest absolute Gasteiger partial charge is 0.255 e. The number of carbonyl (C=O) groups is 1. The van der Waals surface area contributed by atoms with Crippen molar-refractivity contribution in [2.24, 2.45) is 5.73 Å². The molecule has 1 atom stereocenters. The zero-order chi connectivity index (χ0) is 18.4. The van der Waals surface area contributed by atoms with Crippen LogP contribution in [0.1, 0.15) is 27.4 Å². The van der Waals surface area contributed by atoms with E-state index in [-0.39, 0.29) is 11.9 Å². The molecule has 2 aromatic rings. The molecule has 3 rings (SSSR count). The van der Waals surface area contributed by atoms with E-state index in [1.165, 1.54) is 0 Å². The molecule has 2 aromatic carbocycles. The fraction of sp³-hybridized carbons (Fsp3) is 0.350. The first-order chi connectivity index (χ1) is 12.7. The number of amides is 1. The second-order valence-corrected chi connectivity index (χ2v) is 6.51. The minimum atomic E-state index is -0.164. The molecular weight excluding hydrogens is 328 g/mol. The first-order valence-corrected chi connectivity index (χ1v) is 8.89. The number of ether oxygens (including phenoxy) is 1. The minimum absolute atomic E-state index is 0.127. The number of carbonyl (C=O) groups excluding carboxylic acids is 1. The number of benzene rings is 2. The predicted molar refractivity (Wildman–Crippen MR) is 102 cm³/mol. The molecule has 0 spiro atoms. The lowest BCUT2D eigenvalue weighted by atomic mass is 9.98. The van der Waals surface area contributed by atoms with E-state index in [2.05, 4.69) is 16.2 Å². The normalized spacial score (nSPS) is 15.6. The van der Waals surface area contributed by atoms with Gasteiger partial charge in [-0.05, 0) is 29.7 Å². The fourth-order valence-electron chi connectivity index (χ4n) is 3.20. The summed E-state index contributed by atoms with van der Waals surface area (Å²) in [6.07, 6.45) is 0.697. The highest BCUT2D eigenvalue weighted by atomic mass is 16.5. The van der Waals surface area contributed by atoms with E-state index in [4.69, 9.17) is 10.5 Å². The summed E-state index contributed by atoms with van der Waals surface area (Å²) in [4.78, 5) is 12.7. The number of hydrazine groups is 1. The van der Waals surface area contributed by atoms with Gasteiger partial charge in [0.05, 0.1) is 12.7 Å². The van der Waals surface area contributed by atoms with Crippen LogP contribution in [0.4, 0.5) is 0 Å². The zero-order valence-electron chi connectivity index (χ0n) is 15.0. The third-order valence-electron chi connectivity index (χ3n) is 4.71. The van der Waals surface area contributed by atoms with Crippen molar-refractivity contribution < 1.29 is 9.53 Å². The van der Waals surface area contributed by atoms with E-state index >= 15 is 0 Å². The van der Waals surface area contributed by atoms with Gasteiger partial charge >= 0.3 is 0 Å². The second-order valence-electron chi connectivity index (χ2n) is 6.51. The van der Waals surface area contributed by atoms with Crippen LogP contribution < -0.4 is 26.6 Å². The van der Waals surface area contributed by atoms with E-state index in [0.717, 1.165) is 24.2 Å². The number of nitrogens with one attached hydrogen (secondary N) is 3. The third-order valence-corrected chi connectivity index (χ3v) is 4.71. The SMILES string of the molecule is COc1cc(C2CNNC2)ccc1C(=O)NC(CN)Cc1ccccc1. The van der Waals surface area contributed by atoms with Gasteiger partial charge in [-0.25, -0.2) is 0 Å². The lowest BCUT2D eigenvalue weighted by Gasteiger charge is -2.19. The zero-order valence-corrected chi connectivity index (χ0v) is 15.0. The quantitative estimate of drug-likeness (QED) is 0.600. The average Bonchev–Trinajstić information content (AvgIpc) is 3.22. The molecule has 0 aliphatic carbocycles. The van der Waals surface area contributed by atoms with Gasteiger partial charge in [-0.1, -0.05) is 36.4 Å². The maximum Gasteiger partial charge on any atom is 0.255 e. The van der Waals surface area contributed by atoms with Crippen molar-refractivity contribution >= 4 is 5.91 Å². The third kappa shape index (κ3) is 4.40. The van der Waals surface area contributed by atoms with Gasteiger partial charge in [-0.3, -0.25) is 15.6 Å². The first kappa shape index (κ1) is 18.4. The van der Waals surface area contributed by atoms with E-state index in [1.54, 1.807) is 7.11 Å². The van der Waals surface area contributed by atoms with Crippen molar-refractivity contribution in [1.29, 1.82) is 0 Å². The Morgan fingerprint density at radius 3 is 2.62 bits per heavy atom. The Morgan fingerprint density at radius 1 is 1.23 bits per heavy atom. The molecule has 0 radical (unpaired) electrons. The molecule has 0 aromatic heterocycles. The van der Waals surface area contributed by atoms with Crippen LogP contribution in [0.25, 0.3) is 0 Å². The molecule has 6 nitrogen and oxygen atoms in total. The van der Waals surface area contributed by atoms with Crippen molar-refractivity contribution in [2.45, 2.75) is 18.4 Å². The Labute approximate surface area is 154 Å². The fourth-order valence-corrected chi connectivity index (χ4v) is 3.20. The number of hydrogen-bond acceptors (Lipinski definition) is 5. The summed E-state index contributed by atoms with van der Waals surface area (Å²) in [7, 11) is 1.59. The summed E-state index contributed by atoms with van der Waals surface area (Å²) in [6.45, 7) is 2.10. The summed E-state index contributed by atoms with van der Waals surface area (Å²) >= 11 is 0. The summed E-state index contributed by atoms with van der Waals surface area (Å²) in [5.74, 6) is 0.792. The van der Waals surface area contributed by atoms with Crippen LogP contribution in [0.3, 0.4) is 0 Å². The van der Waals surface area contributed by atoms with Crippen LogP contribution in [-0.2, 0) is 6.42 Å². The van der Waals surface area contributed by atoms with Crippen LogP contribution >= 0.6 is 0 Å². The highest BCUT2D eigenvalue weighted by Crippen LogP contribution is 2.25. The van der Waals surface area contributed by atoms with E-state index < -0.39 is 0 Å². The number of rotatable bonds is 7. The number of methoxy groups -OCH3 is 1. The first-order valence-electron chi connectivity index (χ1n) is 8.89. The maximum absolute atomic E-state index is 12.7. The summed E-state index contributed by atoms with van der Waals surface area (Å²) < 4.78 is 5.47. The molecule has 1 fully saturated rings. The lowest BCUT2D eigenvalue weighted by molar-refractivity contribution is 0.0935. The number of hydrogen-bond donors (Lipinski definition) is 4. The molecule has 1 amide bonds. The van der Waals surface area contributed by atoms with Crippen LogP contribution in [0.2, 0.25) is 0 Å². The molecule has 138 valence electrons. The molecule has 1 aliphatic rings. The maximum atomic E-state index is 12.7. The van der Waals surface area contributed by atoms with Crippen molar-refractivity contribution in [2.75, 3.05) is 26.7 Å². The largest absolute Gasteiger partial charge is 0.496 e. The predicted octanol–water partition coefficient (Wildman–Crippen LogP) is 1.19. The standard InChI is InChI=1S/C20H26N4O2/c1-26-19-10-15(16-12-22-23-13-16)7-8-18(19)20(25)24-17(11-21)9-14-5-3-2-4-6-14/h2-8,10,16-17,22-23H,9,11-13,21H2,1H3,(H,24,25). The number of nitrogens with two attached hydrogens (primary N) is 1. The summed E-state index contributed by atoms with van der Waals surface area (Å²) in [5.41, 5.74) is 14.9. The van der Waals surface area contributed by atoms with E-state index in [1.807, 2.05) is 48.5 Å². The summed E-state index contributed by atoms with van der Waals surface area (Å²) in [5, 5.41) is 3.03. The van der Waals surface area contributed by atoms with Gasteiger partial charge in [0.1, 0.15) is 5.75 Å². The molecular formula is C20H26N4O2. The Kier molecular flexibility index (Phi) is 6.22. The Morgan fingerprint density at radius 2 is 1.96 bits per heavy atom. The van der Waals surface area contributed by atoms with Gasteiger partial charge in [0.2, 0.25) is 0 Å². The molecule has 26 heavy (non-hydrogen) atoms. The second kappa shape index (κ2) is 8.80. The van der Waals surface area contributed by atoms with E-state index in [9.17, 15) is 4.79 Å². The Hall–Kier alpha value is -2.41. The monoisotopic (exact) mass is 354 g/mol. The highest BCUT2D eigenvalue weighted by Gasteiger charge is 2.21. The van der Waals surface area contributed by atoms with Gasteiger partial charge in [0.15, 0.2) is 0 Å². The van der Waals surface area contributed by atoms with Crippen LogP contribution in [0.5, 0.6) is 5.75 Å². The highest BCUT2D eigenvalue weighted by molar-refractivity contribution is 5.97. The lowest BCUT2D eigenvalue weighted by Crippen LogP contribution is -2.41. The molecule has 5 N–H and O–H groups in total. The Bertz CT molecular complexity index is 730. The van der Waals surface area contributed by atoms with Gasteiger partial charge in [0, 0.05) is 31.6 Å². The van der Waals surface area contributed by atoms with Gasteiger partial charge in [-0.2, -0.15) is 0 Å². The minimum Gasteiger partial charge on any atom is -0.496 e. The van der Waals surface area contributed by atoms with Crippen LogP contribution in [0, 0.1) is 0 Å². The van der Waals surface area contributed by atoms with Crippen molar-refractivity contribution in [3.05, 3.63) is 65.2 Å². The molecule has 1 saturated heterocycles. The van der Waals surface area contributed by atoms with Gasteiger partial charge in [-0.15, -0.1) is 0 Å². The van der Waals surface area contributed by atoms with Crippen molar-refractivity contribution in [3.8, 4) is 5.75 Å². The molecule has 1 unspecified atom stereocenters. The van der Waals surface area contributed by atoms with Crippen molar-refractivity contribution in [3.63, 3.8) is 0 Å². The van der Waals surface area contributed by atoms with Crippen LogP contribution in [-0.4, -0.2) is 38.7 Å². The van der Waals surface area contributed by atoms with Gasteiger partial charge in [0.25, 0.3) is 5.91 Å². The molecule has 1 aliphatic heterocycles. The molecule has 0 bridgehead atoms. The van der Waals surface area contributed by atoms with E-state index in [0.29, 0.717) is 30.2 Å². The summed E-state index contributed by atoms with van der Waals surface area (Å²) in [6, 6.07) is 15.7. The average molecular weight is 354 g/mol. The molecule has 1 heterocycles. The molecule has 0 saturated carbocycles. The molecule has 6 heteroatoms. The van der Waals surface area contributed by atoms with Gasteiger partial charge < -0.3 is 15.8 Å². The topological polar surface area (TPSA) is 88.4 Å². The van der Waals surface area contributed by atoms with Crippen molar-refractivity contribution in [1.82, 2.24) is 16.2 Å². The van der Waals surface area contributed by atoms with Crippen LogP contribution in [0.15, 0.2) is 48.5 Å².